The van der Waals surface area contributed by atoms with E-state index in [0.29, 0.717) is 30.0 Å². The van der Waals surface area contributed by atoms with Gasteiger partial charge >= 0.3 is 0 Å². The fourth-order valence-corrected chi connectivity index (χ4v) is 3.77. The van der Waals surface area contributed by atoms with E-state index in [1.54, 1.807) is 0 Å². The molecular formula is C20H21ClN2O3S. The van der Waals surface area contributed by atoms with Crippen molar-refractivity contribution in [3.8, 4) is 0 Å². The Morgan fingerprint density at radius 1 is 1.04 bits per heavy atom. The van der Waals surface area contributed by atoms with Crippen LogP contribution in [0.2, 0.25) is 5.02 Å². The van der Waals surface area contributed by atoms with Crippen LogP contribution in [0.3, 0.4) is 0 Å². The molecule has 2 heterocycles. The van der Waals surface area contributed by atoms with Crippen molar-refractivity contribution in [1.82, 2.24) is 5.32 Å². The lowest BCUT2D eigenvalue weighted by Gasteiger charge is -2.20. The Kier molecular flexibility index (Phi) is 5.90. The zero-order chi connectivity index (χ0) is 18.6. The van der Waals surface area contributed by atoms with E-state index in [0.717, 1.165) is 11.3 Å². The highest BCUT2D eigenvalue weighted by atomic mass is 35.5. The van der Waals surface area contributed by atoms with Gasteiger partial charge in [-0.05, 0) is 42.0 Å². The standard InChI is InChI=1S/C20H21ClN2O3S/c21-14-6-8-15(9-7-14)22-20(27)23-16-11-25-19-17(12-26-18(16)19)24-10-13-4-2-1-3-5-13/h1-9,16-19H,10-12H2,(H2,22,23,27)/t16-,17-,18-,19+/m0/s1. The van der Waals surface area contributed by atoms with Gasteiger partial charge in [-0.3, -0.25) is 0 Å². The first-order valence-electron chi connectivity index (χ1n) is 8.91. The summed E-state index contributed by atoms with van der Waals surface area (Å²) in [5, 5.41) is 7.66. The minimum atomic E-state index is -0.0791. The van der Waals surface area contributed by atoms with Gasteiger partial charge < -0.3 is 24.8 Å². The van der Waals surface area contributed by atoms with Crippen LogP contribution < -0.4 is 10.6 Å². The summed E-state index contributed by atoms with van der Waals surface area (Å²) >= 11 is 11.3. The van der Waals surface area contributed by atoms with Crippen LogP contribution in [-0.2, 0) is 20.8 Å². The number of ether oxygens (including phenoxy) is 3. The average molecular weight is 405 g/mol. The maximum absolute atomic E-state index is 6.02. The molecule has 0 bridgehead atoms. The molecule has 27 heavy (non-hydrogen) atoms. The maximum atomic E-state index is 6.02. The molecule has 2 aliphatic heterocycles. The number of anilines is 1. The lowest BCUT2D eigenvalue weighted by molar-refractivity contribution is -0.0391. The van der Waals surface area contributed by atoms with Crippen molar-refractivity contribution in [2.45, 2.75) is 31.0 Å². The molecule has 0 unspecified atom stereocenters. The number of halogens is 1. The topological polar surface area (TPSA) is 51.8 Å². The summed E-state index contributed by atoms with van der Waals surface area (Å²) in [5.74, 6) is 0. The third-order valence-corrected chi connectivity index (χ3v) is 5.21. The highest BCUT2D eigenvalue weighted by molar-refractivity contribution is 7.80. The minimum Gasteiger partial charge on any atom is -0.370 e. The second-order valence-electron chi connectivity index (χ2n) is 6.64. The van der Waals surface area contributed by atoms with Crippen molar-refractivity contribution >= 4 is 34.6 Å². The third kappa shape index (κ3) is 4.59. The predicted molar refractivity (Wildman–Crippen MR) is 109 cm³/mol. The molecule has 0 radical (unpaired) electrons. The molecule has 4 rings (SSSR count). The number of fused-ring (bicyclic) bond motifs is 1. The molecule has 2 aromatic carbocycles. The highest BCUT2D eigenvalue weighted by Gasteiger charge is 2.48. The van der Waals surface area contributed by atoms with Gasteiger partial charge in [0.2, 0.25) is 0 Å². The number of hydrogen-bond acceptors (Lipinski definition) is 4. The third-order valence-electron chi connectivity index (χ3n) is 4.73. The van der Waals surface area contributed by atoms with Gasteiger partial charge in [-0.2, -0.15) is 0 Å². The summed E-state index contributed by atoms with van der Waals surface area (Å²) in [7, 11) is 0. The van der Waals surface area contributed by atoms with Crippen molar-refractivity contribution in [2.24, 2.45) is 0 Å². The molecule has 2 fully saturated rings. The molecule has 2 aliphatic rings. The van der Waals surface area contributed by atoms with E-state index in [-0.39, 0.29) is 24.4 Å². The molecule has 7 heteroatoms. The Hall–Kier alpha value is -1.70. The van der Waals surface area contributed by atoms with E-state index >= 15 is 0 Å². The molecule has 0 aromatic heterocycles. The molecule has 0 spiro atoms. The fourth-order valence-electron chi connectivity index (χ4n) is 3.38. The Labute approximate surface area is 168 Å². The fraction of sp³-hybridized carbons (Fsp3) is 0.350. The van der Waals surface area contributed by atoms with E-state index < -0.39 is 0 Å². The van der Waals surface area contributed by atoms with Crippen LogP contribution in [0, 0.1) is 0 Å². The van der Waals surface area contributed by atoms with E-state index in [4.69, 9.17) is 38.0 Å². The normalized spacial score (nSPS) is 26.6. The Morgan fingerprint density at radius 2 is 1.78 bits per heavy atom. The lowest BCUT2D eigenvalue weighted by Crippen LogP contribution is -2.45. The van der Waals surface area contributed by atoms with E-state index in [2.05, 4.69) is 10.6 Å². The van der Waals surface area contributed by atoms with E-state index in [1.807, 2.05) is 54.6 Å². The number of nitrogens with one attached hydrogen (secondary N) is 2. The van der Waals surface area contributed by atoms with Gasteiger partial charge in [0.05, 0.1) is 25.9 Å². The summed E-state index contributed by atoms with van der Waals surface area (Å²) in [4.78, 5) is 0. The van der Waals surface area contributed by atoms with Gasteiger partial charge in [0.25, 0.3) is 0 Å². The summed E-state index contributed by atoms with van der Waals surface area (Å²) in [6.45, 7) is 1.61. The smallest absolute Gasteiger partial charge is 0.171 e. The molecule has 2 saturated heterocycles. The lowest BCUT2D eigenvalue weighted by atomic mass is 10.1. The van der Waals surface area contributed by atoms with Gasteiger partial charge in [0, 0.05) is 10.7 Å². The van der Waals surface area contributed by atoms with Crippen LogP contribution in [0.25, 0.3) is 0 Å². The largest absolute Gasteiger partial charge is 0.370 e. The number of thiocarbonyl (C=S) groups is 1. The summed E-state index contributed by atoms with van der Waals surface area (Å²) < 4.78 is 17.9. The van der Waals surface area contributed by atoms with Crippen LogP contribution in [-0.4, -0.2) is 42.7 Å². The molecule has 4 atom stereocenters. The molecular weight excluding hydrogens is 384 g/mol. The van der Waals surface area contributed by atoms with Crippen LogP contribution in [0.4, 0.5) is 5.69 Å². The maximum Gasteiger partial charge on any atom is 0.171 e. The summed E-state index contributed by atoms with van der Waals surface area (Å²) in [5.41, 5.74) is 2.02. The Balaban J connectivity index is 1.28. The van der Waals surface area contributed by atoms with Crippen molar-refractivity contribution < 1.29 is 14.2 Å². The SMILES string of the molecule is S=C(Nc1ccc(Cl)cc1)N[C@H]1CO[C@H]2[C@H]1OC[C@@H]2OCc1ccccc1. The van der Waals surface area contributed by atoms with Crippen molar-refractivity contribution in [1.29, 1.82) is 0 Å². The monoisotopic (exact) mass is 404 g/mol. The second kappa shape index (κ2) is 8.54. The van der Waals surface area contributed by atoms with Crippen LogP contribution in [0.1, 0.15) is 5.56 Å². The number of rotatable bonds is 5. The van der Waals surface area contributed by atoms with Gasteiger partial charge in [-0.25, -0.2) is 0 Å². The quantitative estimate of drug-likeness (QED) is 0.745. The van der Waals surface area contributed by atoms with Crippen LogP contribution in [0.15, 0.2) is 54.6 Å². The Bertz CT molecular complexity index is 775. The number of benzene rings is 2. The predicted octanol–water partition coefficient (Wildman–Crippen LogP) is 3.38. The Morgan fingerprint density at radius 3 is 2.56 bits per heavy atom. The number of hydrogen-bond donors (Lipinski definition) is 2. The molecule has 0 aliphatic carbocycles. The van der Waals surface area contributed by atoms with Crippen molar-refractivity contribution in [3.05, 3.63) is 65.2 Å². The van der Waals surface area contributed by atoms with Gasteiger partial charge in [0.1, 0.15) is 18.3 Å². The molecule has 0 saturated carbocycles. The first-order valence-corrected chi connectivity index (χ1v) is 9.69. The average Bonchev–Trinajstić information content (AvgIpc) is 3.26. The molecule has 2 aromatic rings. The zero-order valence-electron chi connectivity index (χ0n) is 14.6. The summed E-state index contributed by atoms with van der Waals surface area (Å²) in [6.07, 6.45) is -0.222. The molecule has 142 valence electrons. The van der Waals surface area contributed by atoms with E-state index in [1.165, 1.54) is 0 Å². The second-order valence-corrected chi connectivity index (χ2v) is 7.49. The van der Waals surface area contributed by atoms with Crippen LogP contribution >= 0.6 is 23.8 Å². The molecule has 5 nitrogen and oxygen atoms in total. The summed E-state index contributed by atoms with van der Waals surface area (Å²) in [6, 6.07) is 17.5. The van der Waals surface area contributed by atoms with Crippen molar-refractivity contribution in [2.75, 3.05) is 18.5 Å². The van der Waals surface area contributed by atoms with Gasteiger partial charge in [-0.15, -0.1) is 0 Å². The van der Waals surface area contributed by atoms with Gasteiger partial charge in [0.15, 0.2) is 5.11 Å². The van der Waals surface area contributed by atoms with E-state index in [9.17, 15) is 0 Å². The van der Waals surface area contributed by atoms with Crippen molar-refractivity contribution in [3.63, 3.8) is 0 Å². The molecule has 2 N–H and O–H groups in total. The zero-order valence-corrected chi connectivity index (χ0v) is 16.2. The highest BCUT2D eigenvalue weighted by Crippen LogP contribution is 2.29. The first kappa shape index (κ1) is 18.7. The minimum absolute atomic E-state index is 0.00683. The molecule has 0 amide bonds. The van der Waals surface area contributed by atoms with Crippen LogP contribution in [0.5, 0.6) is 0 Å². The first-order chi connectivity index (χ1) is 13.2. The van der Waals surface area contributed by atoms with Gasteiger partial charge in [-0.1, -0.05) is 41.9 Å².